The third kappa shape index (κ3) is 4.59. The number of halogens is 1. The van der Waals surface area contributed by atoms with Crippen LogP contribution in [0.1, 0.15) is 39.4 Å². The Labute approximate surface area is 155 Å². The number of carboxylic acids is 1. The normalized spacial score (nSPS) is 16.1. The van der Waals surface area contributed by atoms with Crippen molar-refractivity contribution in [3.63, 3.8) is 0 Å². The van der Waals surface area contributed by atoms with Gasteiger partial charge >= 0.3 is 5.97 Å². The molecule has 1 fully saturated rings. The molecule has 1 aromatic heterocycles. The highest BCUT2D eigenvalue weighted by molar-refractivity contribution is 6.03. The Kier molecular flexibility index (Phi) is 5.66. The van der Waals surface area contributed by atoms with Gasteiger partial charge in [-0.1, -0.05) is 0 Å². The molecule has 0 bridgehead atoms. The van der Waals surface area contributed by atoms with Gasteiger partial charge in [0.2, 0.25) is 0 Å². The highest BCUT2D eigenvalue weighted by Crippen LogP contribution is 2.21. The number of carbonyl (C=O) groups is 2. The van der Waals surface area contributed by atoms with E-state index in [1.165, 1.54) is 25.1 Å². The minimum atomic E-state index is -1.11. The molecule has 7 nitrogen and oxygen atoms in total. The van der Waals surface area contributed by atoms with Gasteiger partial charge in [0.25, 0.3) is 5.91 Å². The van der Waals surface area contributed by atoms with Crippen LogP contribution in [0.15, 0.2) is 30.3 Å². The molecule has 1 atom stereocenters. The molecule has 142 valence electrons. The molecule has 1 unspecified atom stereocenters. The first kappa shape index (κ1) is 18.8. The van der Waals surface area contributed by atoms with Crippen molar-refractivity contribution in [2.75, 3.05) is 23.8 Å². The average Bonchev–Trinajstić information content (AvgIpc) is 3.14. The highest BCUT2D eigenvalue weighted by Gasteiger charge is 2.16. The highest BCUT2D eigenvalue weighted by atomic mass is 19.1. The van der Waals surface area contributed by atoms with E-state index in [4.69, 9.17) is 9.84 Å². The van der Waals surface area contributed by atoms with E-state index in [1.807, 2.05) is 0 Å². The number of aromatic carboxylic acids is 1. The Morgan fingerprint density at radius 3 is 2.78 bits per heavy atom. The van der Waals surface area contributed by atoms with E-state index >= 15 is 0 Å². The van der Waals surface area contributed by atoms with Crippen molar-refractivity contribution in [2.45, 2.75) is 25.9 Å². The zero-order chi connectivity index (χ0) is 19.4. The maximum atomic E-state index is 14.2. The molecule has 2 heterocycles. The number of pyridine rings is 1. The van der Waals surface area contributed by atoms with Gasteiger partial charge in [-0.15, -0.1) is 0 Å². The quantitative estimate of drug-likeness (QED) is 0.719. The van der Waals surface area contributed by atoms with Crippen molar-refractivity contribution in [2.24, 2.45) is 0 Å². The van der Waals surface area contributed by atoms with E-state index in [2.05, 4.69) is 15.6 Å². The first-order valence-electron chi connectivity index (χ1n) is 8.61. The van der Waals surface area contributed by atoms with E-state index in [9.17, 15) is 14.0 Å². The summed E-state index contributed by atoms with van der Waals surface area (Å²) >= 11 is 0. The average molecular weight is 373 g/mol. The van der Waals surface area contributed by atoms with Crippen molar-refractivity contribution in [1.82, 2.24) is 4.98 Å². The molecule has 0 aliphatic carbocycles. The summed E-state index contributed by atoms with van der Waals surface area (Å²) < 4.78 is 19.7. The van der Waals surface area contributed by atoms with E-state index in [0.29, 0.717) is 12.2 Å². The Bertz CT molecular complexity index is 866. The van der Waals surface area contributed by atoms with Gasteiger partial charge in [-0.2, -0.15) is 0 Å². The fourth-order valence-electron chi connectivity index (χ4n) is 2.87. The maximum absolute atomic E-state index is 14.2. The van der Waals surface area contributed by atoms with Crippen molar-refractivity contribution in [3.05, 3.63) is 53.1 Å². The predicted octanol–water partition coefficient (Wildman–Crippen LogP) is 3.07. The lowest BCUT2D eigenvalue weighted by atomic mass is 10.2. The third-order valence-corrected chi connectivity index (χ3v) is 4.32. The Hall–Kier alpha value is -3.00. The van der Waals surface area contributed by atoms with E-state index in [1.54, 1.807) is 12.1 Å². The predicted molar refractivity (Wildman–Crippen MR) is 97.8 cm³/mol. The summed E-state index contributed by atoms with van der Waals surface area (Å²) in [5.41, 5.74) is 0.929. The Morgan fingerprint density at radius 1 is 1.33 bits per heavy atom. The number of benzene rings is 1. The van der Waals surface area contributed by atoms with Gasteiger partial charge in [0.1, 0.15) is 11.5 Å². The second-order valence-corrected chi connectivity index (χ2v) is 6.30. The number of amides is 1. The van der Waals surface area contributed by atoms with Crippen molar-refractivity contribution >= 4 is 23.3 Å². The zero-order valence-electron chi connectivity index (χ0n) is 14.8. The number of hydrogen-bond donors (Lipinski definition) is 3. The zero-order valence-corrected chi connectivity index (χ0v) is 14.8. The lowest BCUT2D eigenvalue weighted by Crippen LogP contribution is -2.19. The van der Waals surface area contributed by atoms with Gasteiger partial charge in [-0.25, -0.2) is 14.2 Å². The molecule has 8 heteroatoms. The van der Waals surface area contributed by atoms with Gasteiger partial charge in [0, 0.05) is 18.8 Å². The fraction of sp³-hybridized carbons (Fsp3) is 0.316. The minimum absolute atomic E-state index is 0.0271. The molecule has 1 aliphatic rings. The lowest BCUT2D eigenvalue weighted by molar-refractivity contribution is 0.0695. The minimum Gasteiger partial charge on any atom is -0.478 e. The molecule has 0 spiro atoms. The third-order valence-electron chi connectivity index (χ3n) is 4.32. The van der Waals surface area contributed by atoms with Crippen molar-refractivity contribution in [1.29, 1.82) is 0 Å². The van der Waals surface area contributed by atoms with Crippen LogP contribution in [0.3, 0.4) is 0 Å². The van der Waals surface area contributed by atoms with E-state index in [-0.39, 0.29) is 28.7 Å². The molecule has 0 radical (unpaired) electrons. The van der Waals surface area contributed by atoms with Gasteiger partial charge in [-0.3, -0.25) is 4.79 Å². The van der Waals surface area contributed by atoms with Crippen LogP contribution in [0.25, 0.3) is 0 Å². The second kappa shape index (κ2) is 8.13. The molecule has 1 amide bonds. The Balaban J connectivity index is 1.64. The van der Waals surface area contributed by atoms with Crippen LogP contribution in [-0.2, 0) is 4.74 Å². The SMILES string of the molecule is Cc1nc(C(=O)Nc2ccc(NCC3CCCO3)c(F)c2)ccc1C(=O)O. The first-order chi connectivity index (χ1) is 12.9. The van der Waals surface area contributed by atoms with Gasteiger partial charge in [0.05, 0.1) is 23.0 Å². The number of carboxylic acid groups (broad SMARTS) is 1. The number of aromatic nitrogens is 1. The van der Waals surface area contributed by atoms with Gasteiger partial charge in [0.15, 0.2) is 0 Å². The van der Waals surface area contributed by atoms with Crippen LogP contribution in [0, 0.1) is 12.7 Å². The monoisotopic (exact) mass is 373 g/mol. The topological polar surface area (TPSA) is 101 Å². The summed E-state index contributed by atoms with van der Waals surface area (Å²) in [7, 11) is 0. The molecule has 1 aromatic carbocycles. The number of nitrogens with zero attached hydrogens (tertiary/aromatic N) is 1. The largest absolute Gasteiger partial charge is 0.478 e. The molecule has 1 saturated heterocycles. The summed E-state index contributed by atoms with van der Waals surface area (Å²) in [4.78, 5) is 27.3. The summed E-state index contributed by atoms with van der Waals surface area (Å²) in [6.45, 7) is 2.77. The number of carbonyl (C=O) groups excluding carboxylic acids is 1. The smallest absolute Gasteiger partial charge is 0.337 e. The lowest BCUT2D eigenvalue weighted by Gasteiger charge is -2.13. The molecular formula is C19H20FN3O4. The standard InChI is InChI=1S/C19H20FN3O4/c1-11-14(19(25)26)5-7-17(22-11)18(24)23-12-4-6-16(15(20)9-12)21-10-13-3-2-8-27-13/h4-7,9,13,21H,2-3,8,10H2,1H3,(H,23,24)(H,25,26). The van der Waals surface area contributed by atoms with Crippen molar-refractivity contribution in [3.8, 4) is 0 Å². The molecule has 27 heavy (non-hydrogen) atoms. The number of hydrogen-bond acceptors (Lipinski definition) is 5. The van der Waals surface area contributed by atoms with Crippen LogP contribution < -0.4 is 10.6 Å². The maximum Gasteiger partial charge on any atom is 0.337 e. The summed E-state index contributed by atoms with van der Waals surface area (Å²) in [6, 6.07) is 6.98. The van der Waals surface area contributed by atoms with E-state index in [0.717, 1.165) is 19.4 Å². The van der Waals surface area contributed by atoms with Crippen LogP contribution in [0.4, 0.5) is 15.8 Å². The van der Waals surface area contributed by atoms with Crippen molar-refractivity contribution < 1.29 is 23.8 Å². The molecule has 1 aliphatic heterocycles. The number of nitrogens with one attached hydrogen (secondary N) is 2. The first-order valence-corrected chi connectivity index (χ1v) is 8.61. The van der Waals surface area contributed by atoms with Crippen LogP contribution in [0.5, 0.6) is 0 Å². The van der Waals surface area contributed by atoms with E-state index < -0.39 is 17.7 Å². The number of ether oxygens (including phenoxy) is 1. The summed E-state index contributed by atoms with van der Waals surface area (Å²) in [5.74, 6) is -2.15. The molecule has 2 aromatic rings. The molecule has 3 rings (SSSR count). The van der Waals surface area contributed by atoms with Gasteiger partial charge in [-0.05, 0) is 50.1 Å². The second-order valence-electron chi connectivity index (χ2n) is 6.30. The fourth-order valence-corrected chi connectivity index (χ4v) is 2.87. The molecular weight excluding hydrogens is 353 g/mol. The number of aryl methyl sites for hydroxylation is 1. The van der Waals surface area contributed by atoms with Crippen LogP contribution in [0.2, 0.25) is 0 Å². The summed E-state index contributed by atoms with van der Waals surface area (Å²) in [6.07, 6.45) is 2.06. The van der Waals surface area contributed by atoms with Gasteiger partial charge < -0.3 is 20.5 Å². The molecule has 3 N–H and O–H groups in total. The van der Waals surface area contributed by atoms with Crippen LogP contribution in [-0.4, -0.2) is 41.2 Å². The van der Waals surface area contributed by atoms with Crippen LogP contribution >= 0.6 is 0 Å². The number of rotatable bonds is 6. The Morgan fingerprint density at radius 2 is 2.15 bits per heavy atom. The summed E-state index contributed by atoms with van der Waals surface area (Å²) in [5, 5.41) is 14.6. The number of anilines is 2. The molecule has 0 saturated carbocycles.